The van der Waals surface area contributed by atoms with Crippen LogP contribution in [0.4, 0.5) is 0 Å². The van der Waals surface area contributed by atoms with Gasteiger partial charge in [-0.1, -0.05) is 59.6 Å². The Bertz CT molecular complexity index is 809. The number of benzene rings is 2. The second-order valence-electron chi connectivity index (χ2n) is 7.21. The molecular weight excluding hydrogens is 399 g/mol. The van der Waals surface area contributed by atoms with E-state index in [9.17, 15) is 15.0 Å². The van der Waals surface area contributed by atoms with E-state index in [1.54, 1.807) is 30.1 Å². The van der Waals surface area contributed by atoms with Gasteiger partial charge in [-0.05, 0) is 23.3 Å². The first-order chi connectivity index (χ1) is 13.3. The highest BCUT2D eigenvalue weighted by molar-refractivity contribution is 6.42. The van der Waals surface area contributed by atoms with Crippen LogP contribution in [0.3, 0.4) is 0 Å². The van der Waals surface area contributed by atoms with Gasteiger partial charge in [-0.25, -0.2) is 0 Å². The van der Waals surface area contributed by atoms with Gasteiger partial charge in [0.1, 0.15) is 0 Å². The molecule has 0 spiro atoms. The van der Waals surface area contributed by atoms with Crippen LogP contribution < -0.4 is 0 Å². The van der Waals surface area contributed by atoms with Crippen LogP contribution in [0, 0.1) is 0 Å². The Kier molecular flexibility index (Phi) is 6.96. The van der Waals surface area contributed by atoms with Gasteiger partial charge < -0.3 is 15.1 Å². The first kappa shape index (κ1) is 21.1. The van der Waals surface area contributed by atoms with E-state index >= 15 is 0 Å². The van der Waals surface area contributed by atoms with Crippen LogP contribution in [0.1, 0.15) is 17.2 Å². The molecular formula is C21H24Cl2N2O3. The van der Waals surface area contributed by atoms with E-state index in [0.29, 0.717) is 29.7 Å². The van der Waals surface area contributed by atoms with Crippen LogP contribution in [-0.4, -0.2) is 64.8 Å². The van der Waals surface area contributed by atoms with Crippen molar-refractivity contribution in [2.75, 3.05) is 26.7 Å². The second-order valence-corrected chi connectivity index (χ2v) is 8.02. The van der Waals surface area contributed by atoms with Gasteiger partial charge in [0.15, 0.2) is 0 Å². The molecule has 7 heteroatoms. The molecule has 1 saturated heterocycles. The molecule has 2 aromatic carbocycles. The lowest BCUT2D eigenvalue weighted by Crippen LogP contribution is -2.39. The summed E-state index contributed by atoms with van der Waals surface area (Å²) in [5.41, 5.74) is 1.80. The van der Waals surface area contributed by atoms with Gasteiger partial charge in [-0.3, -0.25) is 9.69 Å². The maximum Gasteiger partial charge on any atom is 0.227 e. The fourth-order valence-electron chi connectivity index (χ4n) is 3.49. The highest BCUT2D eigenvalue weighted by Crippen LogP contribution is 2.26. The summed E-state index contributed by atoms with van der Waals surface area (Å²) in [7, 11) is 1.78. The van der Waals surface area contributed by atoms with Crippen molar-refractivity contribution in [1.29, 1.82) is 0 Å². The van der Waals surface area contributed by atoms with Gasteiger partial charge in [0.25, 0.3) is 0 Å². The molecule has 0 aliphatic carbocycles. The number of likely N-dealkylation sites (tertiary alicyclic amines) is 1. The smallest absolute Gasteiger partial charge is 0.227 e. The number of halogens is 2. The lowest BCUT2D eigenvalue weighted by molar-refractivity contribution is -0.131. The maximum atomic E-state index is 13.0. The molecule has 3 rings (SSSR count). The third-order valence-corrected chi connectivity index (χ3v) is 5.89. The van der Waals surface area contributed by atoms with Gasteiger partial charge in [-0.15, -0.1) is 0 Å². The molecule has 1 heterocycles. The molecule has 1 amide bonds. The molecule has 1 fully saturated rings. The van der Waals surface area contributed by atoms with Gasteiger partial charge in [-0.2, -0.15) is 0 Å². The van der Waals surface area contributed by atoms with Crippen LogP contribution in [-0.2, 0) is 11.2 Å². The summed E-state index contributed by atoms with van der Waals surface area (Å²) < 4.78 is 0. The number of likely N-dealkylation sites (N-methyl/N-ethyl adjacent to an activating group) is 1. The Morgan fingerprint density at radius 3 is 2.36 bits per heavy atom. The van der Waals surface area contributed by atoms with E-state index in [4.69, 9.17) is 23.2 Å². The zero-order chi connectivity index (χ0) is 20.3. The summed E-state index contributed by atoms with van der Waals surface area (Å²) in [5.74, 6) is -0.0486. The van der Waals surface area contributed by atoms with Crippen molar-refractivity contribution in [3.8, 4) is 0 Å². The van der Waals surface area contributed by atoms with Crippen LogP contribution in [0.15, 0.2) is 48.5 Å². The molecule has 0 bridgehead atoms. The first-order valence-electron chi connectivity index (χ1n) is 9.18. The van der Waals surface area contributed by atoms with Crippen molar-refractivity contribution in [2.24, 2.45) is 0 Å². The Morgan fingerprint density at radius 2 is 1.75 bits per heavy atom. The summed E-state index contributed by atoms with van der Waals surface area (Å²) >= 11 is 12.0. The van der Waals surface area contributed by atoms with E-state index in [-0.39, 0.29) is 18.4 Å². The van der Waals surface area contributed by atoms with E-state index in [1.165, 1.54) is 0 Å². The predicted octanol–water partition coefficient (Wildman–Crippen LogP) is 2.77. The maximum absolute atomic E-state index is 13.0. The topological polar surface area (TPSA) is 64.0 Å². The summed E-state index contributed by atoms with van der Waals surface area (Å²) in [6, 6.07) is 14.8. The number of hydrogen-bond acceptors (Lipinski definition) is 4. The third kappa shape index (κ3) is 5.04. The van der Waals surface area contributed by atoms with Crippen molar-refractivity contribution in [2.45, 2.75) is 24.7 Å². The highest BCUT2D eigenvalue weighted by atomic mass is 35.5. The van der Waals surface area contributed by atoms with Crippen LogP contribution >= 0.6 is 23.2 Å². The summed E-state index contributed by atoms with van der Waals surface area (Å²) in [6.45, 7) is 1.31. The van der Waals surface area contributed by atoms with Crippen molar-refractivity contribution in [1.82, 2.24) is 9.80 Å². The molecule has 1 aliphatic rings. The normalized spacial score (nSPS) is 20.9. The molecule has 28 heavy (non-hydrogen) atoms. The molecule has 2 aromatic rings. The molecule has 2 N–H and O–H groups in total. The van der Waals surface area contributed by atoms with E-state index in [2.05, 4.69) is 0 Å². The van der Waals surface area contributed by atoms with Gasteiger partial charge in [0.2, 0.25) is 5.91 Å². The Hall–Kier alpha value is -1.63. The average molecular weight is 423 g/mol. The molecule has 1 aliphatic heterocycles. The molecule has 0 unspecified atom stereocenters. The monoisotopic (exact) mass is 422 g/mol. The number of amides is 1. The predicted molar refractivity (Wildman–Crippen MR) is 111 cm³/mol. The van der Waals surface area contributed by atoms with Gasteiger partial charge >= 0.3 is 0 Å². The molecule has 5 nitrogen and oxygen atoms in total. The third-order valence-electron chi connectivity index (χ3n) is 5.15. The number of aliphatic hydroxyl groups excluding tert-OH is 2. The lowest BCUT2D eigenvalue weighted by atomic mass is 10.0. The zero-order valence-electron chi connectivity index (χ0n) is 15.6. The van der Waals surface area contributed by atoms with Crippen molar-refractivity contribution >= 4 is 29.1 Å². The van der Waals surface area contributed by atoms with Gasteiger partial charge in [0, 0.05) is 26.7 Å². The molecule has 3 atom stereocenters. The zero-order valence-corrected chi connectivity index (χ0v) is 17.1. The summed E-state index contributed by atoms with van der Waals surface area (Å²) in [6.07, 6.45) is -1.30. The fraction of sp³-hybridized carbons (Fsp3) is 0.381. The quantitative estimate of drug-likeness (QED) is 0.750. The van der Waals surface area contributed by atoms with E-state index in [1.807, 2.05) is 35.2 Å². The molecule has 150 valence electrons. The Labute approximate surface area is 175 Å². The largest absolute Gasteiger partial charge is 0.389 e. The Balaban J connectivity index is 1.76. The highest BCUT2D eigenvalue weighted by Gasteiger charge is 2.33. The standard InChI is InChI=1S/C21H24Cl2N2O3/c1-24(21(28)10-14-7-8-16(22)17(23)9-14)18(15-5-3-2-4-6-15)11-25-12-19(26)20(27)13-25/h2-9,18-20,26-27H,10-13H2,1H3/t18-,19-,20-/m1/s1. The molecule has 0 aromatic heterocycles. The van der Waals surface area contributed by atoms with Crippen LogP contribution in [0.5, 0.6) is 0 Å². The molecule has 0 radical (unpaired) electrons. The minimum Gasteiger partial charge on any atom is -0.389 e. The number of rotatable bonds is 6. The average Bonchev–Trinajstić information content (AvgIpc) is 3.00. The van der Waals surface area contributed by atoms with Crippen molar-refractivity contribution < 1.29 is 15.0 Å². The van der Waals surface area contributed by atoms with Crippen LogP contribution in [0.2, 0.25) is 10.0 Å². The van der Waals surface area contributed by atoms with Gasteiger partial charge in [0.05, 0.1) is 34.7 Å². The van der Waals surface area contributed by atoms with Crippen molar-refractivity contribution in [3.63, 3.8) is 0 Å². The summed E-state index contributed by atoms with van der Waals surface area (Å²) in [5, 5.41) is 20.6. The number of carbonyl (C=O) groups is 1. The minimum atomic E-state index is -0.756. The minimum absolute atomic E-state index is 0.0486. The van der Waals surface area contributed by atoms with Crippen molar-refractivity contribution in [3.05, 3.63) is 69.7 Å². The number of aliphatic hydroxyl groups is 2. The number of β-amino-alcohol motifs (C(OH)–C–C–N with tert-alkyl or cyclic N) is 2. The van der Waals surface area contributed by atoms with E-state index < -0.39 is 12.2 Å². The number of carbonyl (C=O) groups excluding carboxylic acids is 1. The van der Waals surface area contributed by atoms with Crippen LogP contribution in [0.25, 0.3) is 0 Å². The number of nitrogens with zero attached hydrogens (tertiary/aromatic N) is 2. The Morgan fingerprint density at radius 1 is 1.11 bits per heavy atom. The van der Waals surface area contributed by atoms with E-state index in [0.717, 1.165) is 11.1 Å². The first-order valence-corrected chi connectivity index (χ1v) is 9.93. The SMILES string of the molecule is CN(C(=O)Cc1ccc(Cl)c(Cl)c1)[C@H](CN1C[C@@H](O)[C@H](O)C1)c1ccccc1. The molecule has 0 saturated carbocycles. The summed E-state index contributed by atoms with van der Waals surface area (Å²) in [4.78, 5) is 16.7. The second kappa shape index (κ2) is 9.25. The fourth-order valence-corrected chi connectivity index (χ4v) is 3.81. The number of hydrogen-bond donors (Lipinski definition) is 2. The lowest BCUT2D eigenvalue weighted by Gasteiger charge is -2.32.